The normalized spacial score (nSPS) is 10.8. The summed E-state index contributed by atoms with van der Waals surface area (Å²) in [6.07, 6.45) is 0.120. The van der Waals surface area contributed by atoms with Crippen LogP contribution >= 0.6 is 27.3 Å². The number of benzene rings is 2. The van der Waals surface area contributed by atoms with Crippen molar-refractivity contribution in [3.8, 4) is 16.3 Å². The molecule has 0 atom stereocenters. The van der Waals surface area contributed by atoms with Gasteiger partial charge in [-0.15, -0.1) is 11.3 Å². The van der Waals surface area contributed by atoms with Gasteiger partial charge in [0.2, 0.25) is 5.91 Å². The van der Waals surface area contributed by atoms with E-state index in [0.717, 1.165) is 15.0 Å². The van der Waals surface area contributed by atoms with Crippen LogP contribution in [0.15, 0.2) is 64.5 Å². The van der Waals surface area contributed by atoms with Crippen LogP contribution in [-0.4, -0.2) is 25.6 Å². The molecule has 31 heavy (non-hydrogen) atoms. The molecule has 0 aliphatic heterocycles. The highest BCUT2D eigenvalue weighted by Gasteiger charge is 2.14. The van der Waals surface area contributed by atoms with E-state index < -0.39 is 4.92 Å². The largest absolute Gasteiger partial charge is 0.310 e. The fourth-order valence-corrected chi connectivity index (χ4v) is 4.21. The second-order valence-corrected chi connectivity index (χ2v) is 8.51. The highest BCUT2D eigenvalue weighted by Crippen LogP contribution is 2.26. The quantitative estimate of drug-likeness (QED) is 0.292. The third-order valence-electron chi connectivity index (χ3n) is 4.37. The molecular weight excluding hydrogens is 482 g/mol. The first-order valence-corrected chi connectivity index (χ1v) is 10.9. The van der Waals surface area contributed by atoms with Crippen LogP contribution in [0.25, 0.3) is 16.3 Å². The summed E-state index contributed by atoms with van der Waals surface area (Å²) in [5.41, 5.74) is 2.97. The fraction of sp³-hybridized carbons (Fsp3) is 0.0952. The Kier molecular flexibility index (Phi) is 5.92. The van der Waals surface area contributed by atoms with E-state index in [1.54, 1.807) is 22.9 Å². The van der Waals surface area contributed by atoms with E-state index in [-0.39, 0.29) is 18.0 Å². The molecule has 0 saturated carbocycles. The second kappa shape index (κ2) is 8.78. The van der Waals surface area contributed by atoms with Gasteiger partial charge in [0.1, 0.15) is 10.8 Å². The first-order valence-electron chi connectivity index (χ1n) is 9.21. The summed E-state index contributed by atoms with van der Waals surface area (Å²) in [4.78, 5) is 27.6. The van der Waals surface area contributed by atoms with Crippen molar-refractivity contribution < 1.29 is 9.72 Å². The van der Waals surface area contributed by atoms with Crippen LogP contribution in [0.4, 0.5) is 11.5 Å². The average molecular weight is 498 g/mol. The second-order valence-electron chi connectivity index (χ2n) is 6.74. The molecule has 0 aliphatic carbocycles. The first kappa shape index (κ1) is 20.9. The Morgan fingerprint density at radius 1 is 1.23 bits per heavy atom. The molecule has 2 heterocycles. The fourth-order valence-electron chi connectivity index (χ4n) is 2.99. The van der Waals surface area contributed by atoms with Crippen LogP contribution in [0.5, 0.6) is 0 Å². The highest BCUT2D eigenvalue weighted by molar-refractivity contribution is 9.10. The zero-order valence-corrected chi connectivity index (χ0v) is 18.7. The Morgan fingerprint density at radius 2 is 2.00 bits per heavy atom. The summed E-state index contributed by atoms with van der Waals surface area (Å²) in [7, 11) is 0. The predicted molar refractivity (Wildman–Crippen MR) is 123 cm³/mol. The van der Waals surface area contributed by atoms with Crippen molar-refractivity contribution in [2.24, 2.45) is 0 Å². The van der Waals surface area contributed by atoms with Gasteiger partial charge < -0.3 is 5.32 Å². The van der Waals surface area contributed by atoms with Gasteiger partial charge in [-0.05, 0) is 31.2 Å². The monoisotopic (exact) mass is 497 g/mol. The van der Waals surface area contributed by atoms with Gasteiger partial charge in [0.25, 0.3) is 5.69 Å². The van der Waals surface area contributed by atoms with Crippen LogP contribution in [0, 0.1) is 17.0 Å². The van der Waals surface area contributed by atoms with Gasteiger partial charge in [0.05, 0.1) is 28.4 Å². The molecule has 2 aromatic carbocycles. The molecule has 4 aromatic rings. The summed E-state index contributed by atoms with van der Waals surface area (Å²) in [6.45, 7) is 1.81. The maximum atomic E-state index is 12.6. The number of nitrogens with one attached hydrogen (secondary N) is 1. The maximum absolute atomic E-state index is 12.6. The predicted octanol–water partition coefficient (Wildman–Crippen LogP) is 5.16. The summed E-state index contributed by atoms with van der Waals surface area (Å²) in [5, 5.41) is 20.8. The molecule has 4 rings (SSSR count). The van der Waals surface area contributed by atoms with Crippen LogP contribution in [0.2, 0.25) is 0 Å². The van der Waals surface area contributed by atoms with E-state index in [1.807, 2.05) is 36.6 Å². The summed E-state index contributed by atoms with van der Waals surface area (Å²) >= 11 is 4.94. The van der Waals surface area contributed by atoms with Gasteiger partial charge in [0, 0.05) is 33.6 Å². The SMILES string of the molecule is Cc1cc(NC(=O)Cc2csc(-c3cccc(Br)c3)n2)n(-c2ccc([N+](=O)[O-])cc2)n1. The highest BCUT2D eigenvalue weighted by atomic mass is 79.9. The Balaban J connectivity index is 1.49. The van der Waals surface area contributed by atoms with E-state index in [4.69, 9.17) is 0 Å². The van der Waals surface area contributed by atoms with E-state index in [2.05, 4.69) is 31.3 Å². The van der Waals surface area contributed by atoms with Crippen molar-refractivity contribution in [2.75, 3.05) is 5.32 Å². The molecule has 0 unspecified atom stereocenters. The van der Waals surface area contributed by atoms with Crippen molar-refractivity contribution in [3.05, 3.63) is 86.0 Å². The molecule has 0 radical (unpaired) electrons. The molecule has 0 aliphatic rings. The first-order chi connectivity index (χ1) is 14.9. The summed E-state index contributed by atoms with van der Waals surface area (Å²) in [6, 6.07) is 15.6. The van der Waals surface area contributed by atoms with E-state index in [1.165, 1.54) is 23.5 Å². The lowest BCUT2D eigenvalue weighted by atomic mass is 10.2. The zero-order chi connectivity index (χ0) is 22.0. The van der Waals surface area contributed by atoms with E-state index in [9.17, 15) is 14.9 Å². The molecule has 8 nitrogen and oxygen atoms in total. The average Bonchev–Trinajstić information content (AvgIpc) is 3.34. The van der Waals surface area contributed by atoms with Crippen molar-refractivity contribution in [1.29, 1.82) is 0 Å². The lowest BCUT2D eigenvalue weighted by Crippen LogP contribution is -2.17. The number of hydrogen-bond donors (Lipinski definition) is 1. The van der Waals surface area contributed by atoms with Gasteiger partial charge in [-0.2, -0.15) is 5.10 Å². The lowest BCUT2D eigenvalue weighted by molar-refractivity contribution is -0.384. The Hall–Kier alpha value is -3.37. The Labute approximate surface area is 189 Å². The standard InChI is InChI=1S/C21H16BrN5O3S/c1-13-9-19(26(25-13)17-5-7-18(8-6-17)27(29)30)24-20(28)11-16-12-31-21(23-16)14-3-2-4-15(22)10-14/h2-10,12H,11H2,1H3,(H,24,28). The van der Waals surface area contributed by atoms with Gasteiger partial charge in [-0.25, -0.2) is 9.67 Å². The maximum Gasteiger partial charge on any atom is 0.269 e. The van der Waals surface area contributed by atoms with Crippen LogP contribution in [-0.2, 0) is 11.2 Å². The number of thiazole rings is 1. The van der Waals surface area contributed by atoms with Crippen molar-refractivity contribution >= 4 is 44.7 Å². The number of halogens is 1. The molecule has 0 saturated heterocycles. The number of rotatable bonds is 6. The van der Waals surface area contributed by atoms with Gasteiger partial charge in [-0.3, -0.25) is 14.9 Å². The van der Waals surface area contributed by atoms with Crippen molar-refractivity contribution in [1.82, 2.24) is 14.8 Å². The van der Waals surface area contributed by atoms with Crippen molar-refractivity contribution in [2.45, 2.75) is 13.3 Å². The molecule has 0 fully saturated rings. The molecule has 0 bridgehead atoms. The molecular formula is C21H16BrN5O3S. The topological polar surface area (TPSA) is 103 Å². The lowest BCUT2D eigenvalue weighted by Gasteiger charge is -2.08. The number of nitro groups is 1. The van der Waals surface area contributed by atoms with E-state index in [0.29, 0.717) is 22.9 Å². The van der Waals surface area contributed by atoms with Gasteiger partial charge >= 0.3 is 0 Å². The van der Waals surface area contributed by atoms with Crippen molar-refractivity contribution in [3.63, 3.8) is 0 Å². The van der Waals surface area contributed by atoms with Crippen LogP contribution < -0.4 is 5.32 Å². The third-order valence-corrected chi connectivity index (χ3v) is 5.80. The summed E-state index contributed by atoms with van der Waals surface area (Å²) in [5.74, 6) is 0.257. The number of nitrogens with zero attached hydrogens (tertiary/aromatic N) is 4. The minimum atomic E-state index is -0.461. The summed E-state index contributed by atoms with van der Waals surface area (Å²) < 4.78 is 2.51. The number of non-ortho nitro benzene ring substituents is 1. The van der Waals surface area contributed by atoms with Gasteiger partial charge in [0.15, 0.2) is 0 Å². The third kappa shape index (κ3) is 4.86. The smallest absolute Gasteiger partial charge is 0.269 e. The number of nitro benzene ring substituents is 1. The Bertz CT molecular complexity index is 1270. The molecule has 1 N–H and O–H groups in total. The minimum Gasteiger partial charge on any atom is -0.310 e. The number of aryl methyl sites for hydroxylation is 1. The molecule has 0 spiro atoms. The van der Waals surface area contributed by atoms with Crippen LogP contribution in [0.3, 0.4) is 0 Å². The molecule has 10 heteroatoms. The minimum absolute atomic E-state index is 0.0111. The number of hydrogen-bond acceptors (Lipinski definition) is 6. The number of amides is 1. The molecule has 156 valence electrons. The number of anilines is 1. The van der Waals surface area contributed by atoms with Gasteiger partial charge in [-0.1, -0.05) is 28.1 Å². The number of carbonyl (C=O) groups excluding carboxylic acids is 1. The number of aromatic nitrogens is 3. The number of carbonyl (C=O) groups is 1. The van der Waals surface area contributed by atoms with E-state index >= 15 is 0 Å². The van der Waals surface area contributed by atoms with Crippen LogP contribution in [0.1, 0.15) is 11.4 Å². The molecule has 1 amide bonds. The zero-order valence-electron chi connectivity index (χ0n) is 16.3. The Morgan fingerprint density at radius 3 is 2.71 bits per heavy atom. The molecule has 2 aromatic heterocycles.